The van der Waals surface area contributed by atoms with Gasteiger partial charge in [-0.3, -0.25) is 5.32 Å². The highest BCUT2D eigenvalue weighted by molar-refractivity contribution is 4.87. The molecule has 0 aliphatic heterocycles. The zero-order chi connectivity index (χ0) is 15.1. The van der Waals surface area contributed by atoms with Gasteiger partial charge < -0.3 is 0 Å². The molecule has 0 amide bonds. The number of unbranched alkanes of at least 4 members (excludes halogenated alkanes) is 8. The van der Waals surface area contributed by atoms with Gasteiger partial charge in [-0.05, 0) is 19.8 Å². The Bertz CT molecular complexity index is 228. The second-order valence-corrected chi connectivity index (χ2v) is 6.40. The summed E-state index contributed by atoms with van der Waals surface area (Å²) in [5, 5.41) is 12.3. The maximum Gasteiger partial charge on any atom is 0.0845 e. The molecule has 2 nitrogen and oxygen atoms in total. The van der Waals surface area contributed by atoms with Crippen molar-refractivity contribution in [3.8, 4) is 6.07 Å². The van der Waals surface area contributed by atoms with Crippen LogP contribution in [0.15, 0.2) is 0 Å². The van der Waals surface area contributed by atoms with E-state index in [0.717, 1.165) is 0 Å². The van der Waals surface area contributed by atoms with Crippen LogP contribution in [0.3, 0.4) is 0 Å². The van der Waals surface area contributed by atoms with E-state index < -0.39 is 0 Å². The molecule has 0 saturated carbocycles. The summed E-state index contributed by atoms with van der Waals surface area (Å²) in [5.41, 5.74) is 0.175. The van der Waals surface area contributed by atoms with Gasteiger partial charge in [-0.25, -0.2) is 0 Å². The molecule has 20 heavy (non-hydrogen) atoms. The largest absolute Gasteiger partial charge is 0.299 e. The first-order valence-corrected chi connectivity index (χ1v) is 8.80. The molecule has 0 radical (unpaired) electrons. The molecule has 118 valence electrons. The SMILES string of the molecule is CCCCCCCC(C)(CCCCCCC)NCC#N. The second kappa shape index (κ2) is 13.4. The first kappa shape index (κ1) is 19.4. The minimum Gasteiger partial charge on any atom is -0.299 e. The molecule has 0 aromatic rings. The molecule has 1 N–H and O–H groups in total. The fraction of sp³-hybridized carbons (Fsp3) is 0.944. The molecule has 0 heterocycles. The molecule has 0 aromatic carbocycles. The van der Waals surface area contributed by atoms with Crippen LogP contribution >= 0.6 is 0 Å². The van der Waals surface area contributed by atoms with E-state index in [9.17, 15) is 0 Å². The summed E-state index contributed by atoms with van der Waals surface area (Å²) in [6, 6.07) is 2.23. The van der Waals surface area contributed by atoms with Gasteiger partial charge in [0.15, 0.2) is 0 Å². The molecule has 0 aromatic heterocycles. The van der Waals surface area contributed by atoms with E-state index >= 15 is 0 Å². The van der Waals surface area contributed by atoms with Crippen LogP contribution in [0.5, 0.6) is 0 Å². The maximum absolute atomic E-state index is 8.80. The number of nitriles is 1. The maximum atomic E-state index is 8.80. The van der Waals surface area contributed by atoms with Crippen LogP contribution in [-0.2, 0) is 0 Å². The fourth-order valence-corrected chi connectivity index (χ4v) is 2.79. The molecule has 0 spiro atoms. The first-order chi connectivity index (χ1) is 9.68. The van der Waals surface area contributed by atoms with Gasteiger partial charge >= 0.3 is 0 Å². The quantitative estimate of drug-likeness (QED) is 0.333. The van der Waals surface area contributed by atoms with Crippen molar-refractivity contribution in [2.24, 2.45) is 0 Å². The van der Waals surface area contributed by atoms with E-state index in [2.05, 4.69) is 32.2 Å². The predicted octanol–water partition coefficient (Wildman–Crippen LogP) is 5.58. The monoisotopic (exact) mass is 280 g/mol. The van der Waals surface area contributed by atoms with E-state index in [1.54, 1.807) is 0 Å². The number of rotatable bonds is 14. The third kappa shape index (κ3) is 11.3. The lowest BCUT2D eigenvalue weighted by molar-refractivity contribution is 0.298. The lowest BCUT2D eigenvalue weighted by Crippen LogP contribution is -2.42. The minimum absolute atomic E-state index is 0.175. The zero-order valence-corrected chi connectivity index (χ0v) is 14.1. The third-order valence-corrected chi connectivity index (χ3v) is 4.26. The van der Waals surface area contributed by atoms with Gasteiger partial charge in [0, 0.05) is 5.54 Å². The number of hydrogen-bond acceptors (Lipinski definition) is 2. The molecule has 0 saturated heterocycles. The van der Waals surface area contributed by atoms with Gasteiger partial charge in [-0.2, -0.15) is 5.26 Å². The smallest absolute Gasteiger partial charge is 0.0845 e. The molecular weight excluding hydrogens is 244 g/mol. The van der Waals surface area contributed by atoms with Crippen LogP contribution in [0.2, 0.25) is 0 Å². The third-order valence-electron chi connectivity index (χ3n) is 4.26. The van der Waals surface area contributed by atoms with Crippen LogP contribution in [0.4, 0.5) is 0 Å². The summed E-state index contributed by atoms with van der Waals surface area (Å²) >= 11 is 0. The van der Waals surface area contributed by atoms with Gasteiger partial charge in [0.1, 0.15) is 0 Å². The molecule has 2 heteroatoms. The summed E-state index contributed by atoms with van der Waals surface area (Å²) < 4.78 is 0. The van der Waals surface area contributed by atoms with Crippen molar-refractivity contribution in [3.05, 3.63) is 0 Å². The number of hydrogen-bond donors (Lipinski definition) is 1. The summed E-state index contributed by atoms with van der Waals surface area (Å²) in [4.78, 5) is 0. The number of nitrogens with zero attached hydrogens (tertiary/aromatic N) is 1. The molecule has 0 unspecified atom stereocenters. The first-order valence-electron chi connectivity index (χ1n) is 8.80. The zero-order valence-electron chi connectivity index (χ0n) is 14.1. The normalized spacial score (nSPS) is 11.5. The molecule has 0 atom stereocenters. The van der Waals surface area contributed by atoms with Crippen LogP contribution < -0.4 is 5.32 Å². The Balaban J connectivity index is 3.91. The molecule has 0 bridgehead atoms. The van der Waals surface area contributed by atoms with Crippen molar-refractivity contribution in [2.45, 2.75) is 103 Å². The summed E-state index contributed by atoms with van der Waals surface area (Å²) in [6.45, 7) is 7.31. The van der Waals surface area contributed by atoms with E-state index in [1.165, 1.54) is 77.0 Å². The summed E-state index contributed by atoms with van der Waals surface area (Å²) in [5.74, 6) is 0. The van der Waals surface area contributed by atoms with Gasteiger partial charge in [0.25, 0.3) is 0 Å². The van der Waals surface area contributed by atoms with E-state index in [4.69, 9.17) is 5.26 Å². The summed E-state index contributed by atoms with van der Waals surface area (Å²) in [7, 11) is 0. The van der Waals surface area contributed by atoms with Crippen molar-refractivity contribution in [2.75, 3.05) is 6.54 Å². The second-order valence-electron chi connectivity index (χ2n) is 6.40. The standard InChI is InChI=1S/C18H36N2/c1-4-6-8-10-12-14-18(3,20-17-16-19)15-13-11-9-7-5-2/h20H,4-15,17H2,1-3H3. The number of nitrogens with one attached hydrogen (secondary N) is 1. The van der Waals surface area contributed by atoms with Crippen molar-refractivity contribution < 1.29 is 0 Å². The highest BCUT2D eigenvalue weighted by atomic mass is 15.0. The molecular formula is C18H36N2. The Hall–Kier alpha value is -0.550. The van der Waals surface area contributed by atoms with Crippen molar-refractivity contribution >= 4 is 0 Å². The average Bonchev–Trinajstić information content (AvgIpc) is 2.45. The van der Waals surface area contributed by atoms with E-state index in [-0.39, 0.29) is 5.54 Å². The van der Waals surface area contributed by atoms with Gasteiger partial charge in [0.05, 0.1) is 12.6 Å². The Morgan fingerprint density at radius 2 is 1.25 bits per heavy atom. The molecule has 0 fully saturated rings. The Labute approximate surface area is 127 Å². The van der Waals surface area contributed by atoms with Crippen LogP contribution in [0, 0.1) is 11.3 Å². The van der Waals surface area contributed by atoms with Gasteiger partial charge in [-0.15, -0.1) is 0 Å². The fourth-order valence-electron chi connectivity index (χ4n) is 2.79. The molecule has 0 aliphatic rings. The average molecular weight is 280 g/mol. The van der Waals surface area contributed by atoms with Crippen molar-refractivity contribution in [1.82, 2.24) is 5.32 Å². The molecule has 0 aliphatic carbocycles. The Kier molecular flexibility index (Phi) is 13.1. The van der Waals surface area contributed by atoms with Crippen LogP contribution in [-0.4, -0.2) is 12.1 Å². The van der Waals surface area contributed by atoms with Gasteiger partial charge in [0.2, 0.25) is 0 Å². The highest BCUT2D eigenvalue weighted by Crippen LogP contribution is 2.22. The van der Waals surface area contributed by atoms with Crippen LogP contribution in [0.25, 0.3) is 0 Å². The Morgan fingerprint density at radius 1 is 0.800 bits per heavy atom. The lowest BCUT2D eigenvalue weighted by atomic mass is 9.88. The van der Waals surface area contributed by atoms with E-state index in [0.29, 0.717) is 6.54 Å². The van der Waals surface area contributed by atoms with Crippen molar-refractivity contribution in [1.29, 1.82) is 5.26 Å². The van der Waals surface area contributed by atoms with Crippen molar-refractivity contribution in [3.63, 3.8) is 0 Å². The minimum atomic E-state index is 0.175. The highest BCUT2D eigenvalue weighted by Gasteiger charge is 2.22. The summed E-state index contributed by atoms with van der Waals surface area (Å²) in [6.07, 6.45) is 15.8. The van der Waals surface area contributed by atoms with Crippen LogP contribution in [0.1, 0.15) is 97.8 Å². The van der Waals surface area contributed by atoms with E-state index in [1.807, 2.05) is 0 Å². The predicted molar refractivity (Wildman–Crippen MR) is 88.8 cm³/mol. The lowest BCUT2D eigenvalue weighted by Gasteiger charge is -2.30. The topological polar surface area (TPSA) is 35.8 Å². The Morgan fingerprint density at radius 3 is 1.65 bits per heavy atom. The molecule has 0 rings (SSSR count). The van der Waals surface area contributed by atoms with Gasteiger partial charge in [-0.1, -0.05) is 78.1 Å².